The van der Waals surface area contributed by atoms with Gasteiger partial charge in [-0.1, -0.05) is 18.2 Å². The Labute approximate surface area is 165 Å². The maximum atomic E-state index is 6.30. The molecule has 7 nitrogen and oxygen atoms in total. The zero-order valence-corrected chi connectivity index (χ0v) is 17.0. The fourth-order valence-electron chi connectivity index (χ4n) is 3.26. The number of nitrogens with two attached hydrogens (primary N) is 1. The van der Waals surface area contributed by atoms with Gasteiger partial charge in [-0.05, 0) is 20.2 Å². The molecule has 0 radical (unpaired) electrons. The number of rotatable bonds is 6. The van der Waals surface area contributed by atoms with Crippen molar-refractivity contribution in [2.45, 2.75) is 6.04 Å². The molecule has 1 saturated heterocycles. The normalized spacial score (nSPS) is 16.7. The lowest BCUT2D eigenvalue weighted by Gasteiger charge is -2.35. The first-order chi connectivity index (χ1) is 13.1. The highest BCUT2D eigenvalue weighted by Gasteiger charge is 2.21. The summed E-state index contributed by atoms with van der Waals surface area (Å²) in [5, 5.41) is 3.09. The summed E-state index contributed by atoms with van der Waals surface area (Å²) in [6.45, 7) is 4.12. The van der Waals surface area contributed by atoms with E-state index in [4.69, 9.17) is 15.5 Å². The molecule has 1 fully saturated rings. The number of hydrogen-bond acceptors (Lipinski definition) is 6. The molecule has 0 spiro atoms. The summed E-state index contributed by atoms with van der Waals surface area (Å²) in [7, 11) is 5.80. The van der Waals surface area contributed by atoms with Crippen LogP contribution in [0.2, 0.25) is 0 Å². The van der Waals surface area contributed by atoms with Crippen LogP contribution in [0.5, 0.6) is 5.75 Å². The van der Waals surface area contributed by atoms with Gasteiger partial charge in [-0.15, -0.1) is 11.3 Å². The molecule has 2 aromatic rings. The maximum absolute atomic E-state index is 6.30. The van der Waals surface area contributed by atoms with Crippen LogP contribution in [-0.2, 0) is 0 Å². The molecule has 1 aliphatic rings. The van der Waals surface area contributed by atoms with Crippen LogP contribution in [0.1, 0.15) is 11.6 Å². The van der Waals surface area contributed by atoms with E-state index in [1.165, 1.54) is 0 Å². The van der Waals surface area contributed by atoms with Crippen LogP contribution in [0.25, 0.3) is 0 Å². The van der Waals surface area contributed by atoms with E-state index in [0.29, 0.717) is 12.5 Å². The van der Waals surface area contributed by atoms with Crippen molar-refractivity contribution in [1.82, 2.24) is 14.8 Å². The predicted molar refractivity (Wildman–Crippen MR) is 112 cm³/mol. The highest BCUT2D eigenvalue weighted by atomic mass is 32.1. The van der Waals surface area contributed by atoms with Crippen molar-refractivity contribution in [3.8, 4) is 5.75 Å². The molecular formula is C19H28N6OS. The zero-order chi connectivity index (χ0) is 19.2. The second-order valence-corrected chi connectivity index (χ2v) is 7.58. The molecule has 0 amide bonds. The van der Waals surface area contributed by atoms with Crippen molar-refractivity contribution in [2.75, 3.05) is 58.8 Å². The van der Waals surface area contributed by atoms with Gasteiger partial charge >= 0.3 is 0 Å². The van der Waals surface area contributed by atoms with Crippen molar-refractivity contribution < 1.29 is 4.74 Å². The quantitative estimate of drug-likeness (QED) is 0.602. The maximum Gasteiger partial charge on any atom is 0.191 e. The Morgan fingerprint density at radius 3 is 2.67 bits per heavy atom. The third kappa shape index (κ3) is 4.70. The van der Waals surface area contributed by atoms with Gasteiger partial charge in [0, 0.05) is 43.3 Å². The van der Waals surface area contributed by atoms with Gasteiger partial charge in [0.2, 0.25) is 0 Å². The number of thiazole rings is 1. The van der Waals surface area contributed by atoms with E-state index in [9.17, 15) is 0 Å². The molecule has 8 heteroatoms. The Hall–Kier alpha value is -2.32. The highest BCUT2D eigenvalue weighted by Crippen LogP contribution is 2.28. The molecule has 146 valence electrons. The first-order valence-corrected chi connectivity index (χ1v) is 9.96. The first-order valence-electron chi connectivity index (χ1n) is 9.08. The topological polar surface area (TPSA) is 70.2 Å². The van der Waals surface area contributed by atoms with Crippen molar-refractivity contribution in [1.29, 1.82) is 0 Å². The van der Waals surface area contributed by atoms with Crippen molar-refractivity contribution >= 4 is 22.4 Å². The van der Waals surface area contributed by atoms with Gasteiger partial charge < -0.3 is 25.2 Å². The number of anilines is 1. The van der Waals surface area contributed by atoms with E-state index in [2.05, 4.69) is 39.8 Å². The molecule has 27 heavy (non-hydrogen) atoms. The summed E-state index contributed by atoms with van der Waals surface area (Å²) in [6, 6.07) is 8.18. The van der Waals surface area contributed by atoms with Crippen LogP contribution in [-0.4, -0.2) is 74.7 Å². The molecule has 1 aromatic heterocycles. The number of hydrogen-bond donors (Lipinski definition) is 1. The molecule has 0 bridgehead atoms. The number of piperazine rings is 1. The lowest BCUT2D eigenvalue weighted by atomic mass is 10.0. The number of ether oxygens (including phenoxy) is 1. The fourth-order valence-corrected chi connectivity index (χ4v) is 3.96. The van der Waals surface area contributed by atoms with E-state index in [0.717, 1.165) is 42.6 Å². The lowest BCUT2D eigenvalue weighted by molar-refractivity contribution is 0.293. The molecule has 0 saturated carbocycles. The summed E-state index contributed by atoms with van der Waals surface area (Å²) in [4.78, 5) is 15.7. The zero-order valence-electron chi connectivity index (χ0n) is 16.2. The third-order valence-electron chi connectivity index (χ3n) is 4.84. The monoisotopic (exact) mass is 388 g/mol. The van der Waals surface area contributed by atoms with Crippen molar-refractivity contribution in [3.05, 3.63) is 41.4 Å². The van der Waals surface area contributed by atoms with Crippen molar-refractivity contribution in [2.24, 2.45) is 10.7 Å². The average Bonchev–Trinajstić information content (AvgIpc) is 3.23. The molecule has 3 rings (SSSR count). The van der Waals surface area contributed by atoms with Crippen LogP contribution in [0, 0.1) is 0 Å². The summed E-state index contributed by atoms with van der Waals surface area (Å²) >= 11 is 1.67. The Balaban J connectivity index is 1.63. The minimum absolute atomic E-state index is 0.108. The number of nitrogens with zero attached hydrogens (tertiary/aromatic N) is 5. The molecule has 2 heterocycles. The van der Waals surface area contributed by atoms with Crippen LogP contribution < -0.4 is 15.4 Å². The molecular weight excluding hydrogens is 360 g/mol. The van der Waals surface area contributed by atoms with Crippen LogP contribution in [0.3, 0.4) is 0 Å². The Morgan fingerprint density at radius 1 is 1.30 bits per heavy atom. The number of likely N-dealkylation sites (N-methyl/N-ethyl adjacent to an activating group) is 1. The van der Waals surface area contributed by atoms with E-state index >= 15 is 0 Å². The number of aliphatic imine (C=N–C) groups is 1. The summed E-state index contributed by atoms with van der Waals surface area (Å²) < 4.78 is 5.52. The summed E-state index contributed by atoms with van der Waals surface area (Å²) in [5.41, 5.74) is 7.42. The summed E-state index contributed by atoms with van der Waals surface area (Å²) in [6.07, 6.45) is 1.85. The van der Waals surface area contributed by atoms with E-state index in [1.54, 1.807) is 18.4 Å². The summed E-state index contributed by atoms with van der Waals surface area (Å²) in [5.74, 6) is 1.48. The minimum atomic E-state index is 0.108. The van der Waals surface area contributed by atoms with Crippen molar-refractivity contribution in [3.63, 3.8) is 0 Å². The van der Waals surface area contributed by atoms with Gasteiger partial charge in [0.15, 0.2) is 11.1 Å². The smallest absolute Gasteiger partial charge is 0.191 e. The Bertz CT molecular complexity index is 740. The largest absolute Gasteiger partial charge is 0.496 e. The van der Waals surface area contributed by atoms with Gasteiger partial charge in [-0.3, -0.25) is 4.99 Å². The number of benzene rings is 1. The van der Waals surface area contributed by atoms with Gasteiger partial charge in [-0.2, -0.15) is 0 Å². The number of methoxy groups -OCH3 is 1. The van der Waals surface area contributed by atoms with Gasteiger partial charge in [-0.25, -0.2) is 4.98 Å². The van der Waals surface area contributed by atoms with Gasteiger partial charge in [0.25, 0.3) is 0 Å². The SMILES string of the molecule is COc1ccccc1C(CN=C(N)N1CCN(c2nccs2)CC1)N(C)C. The first kappa shape index (κ1) is 19.4. The molecule has 2 N–H and O–H groups in total. The number of aromatic nitrogens is 1. The van der Waals surface area contributed by atoms with Gasteiger partial charge in [0.1, 0.15) is 5.75 Å². The highest BCUT2D eigenvalue weighted by molar-refractivity contribution is 7.13. The van der Waals surface area contributed by atoms with E-state index < -0.39 is 0 Å². The lowest BCUT2D eigenvalue weighted by Crippen LogP contribution is -2.51. The number of para-hydroxylation sites is 1. The molecule has 1 aliphatic heterocycles. The molecule has 1 unspecified atom stereocenters. The standard InChI is InChI=1S/C19H28N6OS/c1-23(2)16(15-6-4-5-7-17(15)26-3)14-22-18(20)24-9-11-25(12-10-24)19-21-8-13-27-19/h4-8,13,16H,9-12,14H2,1-3H3,(H2,20,22). The third-order valence-corrected chi connectivity index (χ3v) is 5.67. The second-order valence-electron chi connectivity index (χ2n) is 6.71. The molecule has 1 aromatic carbocycles. The fraction of sp³-hybridized carbons (Fsp3) is 0.474. The van der Waals surface area contributed by atoms with E-state index in [-0.39, 0.29) is 6.04 Å². The Kier molecular flexibility index (Phi) is 6.52. The van der Waals surface area contributed by atoms with Crippen LogP contribution in [0.4, 0.5) is 5.13 Å². The van der Waals surface area contributed by atoms with Gasteiger partial charge in [0.05, 0.1) is 19.7 Å². The van der Waals surface area contributed by atoms with Crippen LogP contribution in [0.15, 0.2) is 40.8 Å². The Morgan fingerprint density at radius 2 is 2.04 bits per heavy atom. The minimum Gasteiger partial charge on any atom is -0.496 e. The molecule has 1 atom stereocenters. The predicted octanol–water partition coefficient (Wildman–Crippen LogP) is 1.89. The van der Waals surface area contributed by atoms with E-state index in [1.807, 2.05) is 29.8 Å². The van der Waals surface area contributed by atoms with Crippen LogP contribution >= 0.6 is 11.3 Å². The second kappa shape index (κ2) is 9.05. The average molecular weight is 389 g/mol. The molecule has 0 aliphatic carbocycles. The number of guanidine groups is 1.